The Morgan fingerprint density at radius 3 is 2.61 bits per heavy atom. The fourth-order valence-electron chi connectivity index (χ4n) is 4.66. The number of hydrogen-bond donors (Lipinski definition) is 2. The highest BCUT2D eigenvalue weighted by molar-refractivity contribution is 6.31. The second kappa shape index (κ2) is 9.04. The van der Waals surface area contributed by atoms with Crippen molar-refractivity contribution in [2.24, 2.45) is 0 Å². The normalized spacial score (nSPS) is 24.5. The summed E-state index contributed by atoms with van der Waals surface area (Å²) in [4.78, 5) is 44.1. The number of carbonyl (C=O) groups is 3. The van der Waals surface area contributed by atoms with Gasteiger partial charge in [-0.3, -0.25) is 19.3 Å². The number of hydrogen-bond acceptors (Lipinski definition) is 5. The van der Waals surface area contributed by atoms with Crippen molar-refractivity contribution < 1.29 is 14.4 Å². The minimum atomic E-state index is -0.697. The number of anilines is 1. The summed E-state index contributed by atoms with van der Waals surface area (Å²) in [6.07, 6.45) is 2.39. The highest BCUT2D eigenvalue weighted by Crippen LogP contribution is 2.33. The largest absolute Gasteiger partial charge is 0.362 e. The molecule has 1 aromatic rings. The first-order valence-corrected chi connectivity index (χ1v) is 11.4. The van der Waals surface area contributed by atoms with Crippen molar-refractivity contribution in [2.75, 3.05) is 51.1 Å². The monoisotopic (exact) mass is 447 g/mol. The third kappa shape index (κ3) is 4.80. The average Bonchev–Trinajstić information content (AvgIpc) is 2.89. The van der Waals surface area contributed by atoms with E-state index in [0.717, 1.165) is 31.7 Å². The van der Waals surface area contributed by atoms with Crippen molar-refractivity contribution in [3.8, 4) is 0 Å². The van der Waals surface area contributed by atoms with Crippen LogP contribution in [0.3, 0.4) is 0 Å². The minimum Gasteiger partial charge on any atom is -0.362 e. The van der Waals surface area contributed by atoms with Crippen LogP contribution in [0.1, 0.15) is 43.0 Å². The molecule has 168 valence electrons. The lowest BCUT2D eigenvalue weighted by molar-refractivity contribution is -0.141. The third-order valence-corrected chi connectivity index (χ3v) is 6.71. The van der Waals surface area contributed by atoms with Gasteiger partial charge in [0.1, 0.15) is 5.66 Å². The molecule has 1 aromatic carbocycles. The summed E-state index contributed by atoms with van der Waals surface area (Å²) in [7, 11) is 0. The van der Waals surface area contributed by atoms with Crippen LogP contribution in [0.25, 0.3) is 0 Å². The Balaban J connectivity index is 1.38. The predicted molar refractivity (Wildman–Crippen MR) is 119 cm³/mol. The van der Waals surface area contributed by atoms with Gasteiger partial charge in [0.2, 0.25) is 11.8 Å². The van der Waals surface area contributed by atoms with Crippen molar-refractivity contribution in [3.05, 3.63) is 28.8 Å². The molecule has 3 heterocycles. The van der Waals surface area contributed by atoms with E-state index >= 15 is 0 Å². The molecule has 0 saturated carbocycles. The fourth-order valence-corrected chi connectivity index (χ4v) is 4.83. The maximum absolute atomic E-state index is 12.8. The summed E-state index contributed by atoms with van der Waals surface area (Å²) in [6, 6.07) is 5.18. The van der Waals surface area contributed by atoms with Gasteiger partial charge in [0.15, 0.2) is 0 Å². The van der Waals surface area contributed by atoms with Crippen molar-refractivity contribution >= 4 is 35.0 Å². The molecule has 0 radical (unpaired) electrons. The zero-order valence-electron chi connectivity index (χ0n) is 18.0. The maximum atomic E-state index is 12.8. The topological polar surface area (TPSA) is 85.0 Å². The quantitative estimate of drug-likeness (QED) is 0.734. The van der Waals surface area contributed by atoms with Crippen molar-refractivity contribution in [1.82, 2.24) is 20.0 Å². The first-order chi connectivity index (χ1) is 14.9. The molecule has 1 atom stereocenters. The molecule has 1 spiro atoms. The zero-order valence-corrected chi connectivity index (χ0v) is 18.7. The Kier molecular flexibility index (Phi) is 6.39. The number of amides is 3. The number of halogens is 1. The third-order valence-electron chi connectivity index (χ3n) is 6.47. The highest BCUT2D eigenvalue weighted by Gasteiger charge is 2.41. The zero-order chi connectivity index (χ0) is 22.0. The number of carbonyl (C=O) groups excluding carboxylic acids is 3. The van der Waals surface area contributed by atoms with E-state index < -0.39 is 5.66 Å². The van der Waals surface area contributed by atoms with Gasteiger partial charge in [-0.15, -0.1) is 0 Å². The lowest BCUT2D eigenvalue weighted by Gasteiger charge is -2.40. The van der Waals surface area contributed by atoms with E-state index in [4.69, 9.17) is 11.6 Å². The Hall–Kier alpha value is -2.32. The minimum absolute atomic E-state index is 0.000995. The van der Waals surface area contributed by atoms with Gasteiger partial charge in [-0.25, -0.2) is 0 Å². The van der Waals surface area contributed by atoms with Gasteiger partial charge in [-0.05, 0) is 37.6 Å². The Morgan fingerprint density at radius 1 is 1.10 bits per heavy atom. The first kappa shape index (κ1) is 21.9. The number of benzene rings is 1. The number of piperazine rings is 1. The molecule has 0 aliphatic carbocycles. The Bertz CT molecular complexity index is 871. The van der Waals surface area contributed by atoms with Crippen LogP contribution in [0.2, 0.25) is 5.02 Å². The molecular weight excluding hydrogens is 418 g/mol. The molecule has 3 aliphatic rings. The second-order valence-electron chi connectivity index (χ2n) is 8.64. The van der Waals surface area contributed by atoms with E-state index in [-0.39, 0.29) is 30.7 Å². The number of likely N-dealkylation sites (tertiary alicyclic amines) is 1. The van der Waals surface area contributed by atoms with Crippen LogP contribution in [0, 0.1) is 0 Å². The standard InChI is InChI=1S/C22H30ClN5O3/c1-2-8-26-10-12-27(13-11-26)20(30)15-28-9-7-22(6-5-19(28)29)24-18-4-3-16(23)14-17(18)21(31)25-22/h3-4,14,24H,2,5-13,15H2,1H3,(H,25,31)/t22-/m1/s1. The van der Waals surface area contributed by atoms with Gasteiger partial charge in [0, 0.05) is 56.3 Å². The molecular formula is C22H30ClN5O3. The average molecular weight is 448 g/mol. The van der Waals surface area contributed by atoms with Crippen molar-refractivity contribution in [3.63, 3.8) is 0 Å². The van der Waals surface area contributed by atoms with Gasteiger partial charge in [-0.1, -0.05) is 18.5 Å². The smallest absolute Gasteiger partial charge is 0.255 e. The molecule has 8 nitrogen and oxygen atoms in total. The second-order valence-corrected chi connectivity index (χ2v) is 9.08. The van der Waals surface area contributed by atoms with Crippen LogP contribution >= 0.6 is 11.6 Å². The molecule has 0 aromatic heterocycles. The summed E-state index contributed by atoms with van der Waals surface area (Å²) < 4.78 is 0. The molecule has 3 aliphatic heterocycles. The van der Waals surface area contributed by atoms with Crippen molar-refractivity contribution in [2.45, 2.75) is 38.3 Å². The molecule has 2 saturated heterocycles. The van der Waals surface area contributed by atoms with Crippen LogP contribution in [0.5, 0.6) is 0 Å². The molecule has 31 heavy (non-hydrogen) atoms. The molecule has 9 heteroatoms. The predicted octanol–water partition coefficient (Wildman–Crippen LogP) is 1.76. The van der Waals surface area contributed by atoms with Crippen LogP contribution < -0.4 is 10.6 Å². The molecule has 2 N–H and O–H groups in total. The molecule has 0 unspecified atom stereocenters. The summed E-state index contributed by atoms with van der Waals surface area (Å²) in [5, 5.41) is 6.96. The molecule has 4 rings (SSSR count). The number of fused-ring (bicyclic) bond motifs is 1. The van der Waals surface area contributed by atoms with Crippen LogP contribution in [0.4, 0.5) is 5.69 Å². The maximum Gasteiger partial charge on any atom is 0.255 e. The molecule has 3 amide bonds. The summed E-state index contributed by atoms with van der Waals surface area (Å²) in [5.74, 6) is -0.243. The summed E-state index contributed by atoms with van der Waals surface area (Å²) >= 11 is 6.02. The van der Waals surface area contributed by atoms with Crippen LogP contribution in [0.15, 0.2) is 18.2 Å². The van der Waals surface area contributed by atoms with E-state index in [2.05, 4.69) is 22.5 Å². The number of nitrogens with zero attached hydrogens (tertiary/aromatic N) is 3. The first-order valence-electron chi connectivity index (χ1n) is 11.1. The van der Waals surface area contributed by atoms with E-state index in [1.165, 1.54) is 0 Å². The lowest BCUT2D eigenvalue weighted by Crippen LogP contribution is -2.58. The SMILES string of the molecule is CCCN1CCN(C(=O)CN2CC[C@@]3(CCC2=O)NC(=O)c2cc(Cl)ccc2N3)CC1. The fraction of sp³-hybridized carbons (Fsp3) is 0.591. The summed E-state index contributed by atoms with van der Waals surface area (Å²) in [5.41, 5.74) is 0.523. The van der Waals surface area contributed by atoms with Gasteiger partial charge in [-0.2, -0.15) is 0 Å². The molecule has 0 bridgehead atoms. The molecule has 2 fully saturated rings. The summed E-state index contributed by atoms with van der Waals surface area (Å²) in [6.45, 7) is 6.92. The van der Waals surface area contributed by atoms with Gasteiger partial charge < -0.3 is 20.4 Å². The van der Waals surface area contributed by atoms with Crippen molar-refractivity contribution in [1.29, 1.82) is 0 Å². The number of nitrogens with one attached hydrogen (secondary N) is 2. The van der Waals surface area contributed by atoms with Crippen LogP contribution in [-0.4, -0.2) is 83.9 Å². The van der Waals surface area contributed by atoms with E-state index in [1.54, 1.807) is 23.1 Å². The number of rotatable bonds is 4. The van der Waals surface area contributed by atoms with E-state index in [0.29, 0.717) is 43.1 Å². The van der Waals surface area contributed by atoms with Gasteiger partial charge >= 0.3 is 0 Å². The van der Waals surface area contributed by atoms with E-state index in [1.807, 2.05) is 4.90 Å². The lowest BCUT2D eigenvalue weighted by atomic mass is 9.95. The highest BCUT2D eigenvalue weighted by atomic mass is 35.5. The Labute approximate surface area is 187 Å². The van der Waals surface area contributed by atoms with Gasteiger partial charge in [0.05, 0.1) is 12.1 Å². The van der Waals surface area contributed by atoms with E-state index in [9.17, 15) is 14.4 Å². The Morgan fingerprint density at radius 2 is 1.87 bits per heavy atom. The van der Waals surface area contributed by atoms with Gasteiger partial charge in [0.25, 0.3) is 5.91 Å². The van der Waals surface area contributed by atoms with Crippen LogP contribution in [-0.2, 0) is 9.59 Å².